The highest BCUT2D eigenvalue weighted by Gasteiger charge is 2.12. The zero-order chi connectivity index (χ0) is 9.97. The zero-order valence-electron chi connectivity index (χ0n) is 8.73. The molecule has 2 N–H and O–H groups in total. The van der Waals surface area contributed by atoms with Gasteiger partial charge in [-0.25, -0.2) is 0 Å². The lowest BCUT2D eigenvalue weighted by Gasteiger charge is -2.05. The van der Waals surface area contributed by atoms with Crippen LogP contribution in [0.1, 0.15) is 18.9 Å². The van der Waals surface area contributed by atoms with E-state index in [0.717, 1.165) is 24.3 Å². The van der Waals surface area contributed by atoms with Gasteiger partial charge in [0.15, 0.2) is 11.5 Å². The van der Waals surface area contributed by atoms with Crippen LogP contribution in [0.3, 0.4) is 0 Å². The molecule has 1 unspecified atom stereocenters. The third-order valence-electron chi connectivity index (χ3n) is 2.33. The molecule has 0 amide bonds. The number of rotatable bonds is 3. The Bertz CT molecular complexity index is 328. The van der Waals surface area contributed by atoms with E-state index in [4.69, 9.17) is 15.2 Å². The van der Waals surface area contributed by atoms with Crippen LogP contribution in [-0.4, -0.2) is 12.8 Å². The van der Waals surface area contributed by atoms with Gasteiger partial charge in [-0.3, -0.25) is 0 Å². The Balaban J connectivity index is 0.00000112. The fourth-order valence-corrected chi connectivity index (χ4v) is 1.49. The summed E-state index contributed by atoms with van der Waals surface area (Å²) < 4.78 is 10.5. The average Bonchev–Trinajstić information content (AvgIpc) is 2.61. The van der Waals surface area contributed by atoms with Gasteiger partial charge in [-0.15, -0.1) is 12.4 Å². The standard InChI is InChI=1S/C11H15NO2.ClH/c1-8(12)2-3-9-4-5-10-11(6-9)14-7-13-10;/h4-6,8H,2-3,7,12H2,1H3;1H. The minimum Gasteiger partial charge on any atom is -0.454 e. The van der Waals surface area contributed by atoms with E-state index in [0.29, 0.717) is 6.79 Å². The Kier molecular flexibility index (Phi) is 4.24. The van der Waals surface area contributed by atoms with E-state index in [9.17, 15) is 0 Å². The van der Waals surface area contributed by atoms with Crippen LogP contribution in [0, 0.1) is 0 Å². The lowest BCUT2D eigenvalue weighted by atomic mass is 10.1. The Hall–Kier alpha value is -0.930. The van der Waals surface area contributed by atoms with E-state index in [2.05, 4.69) is 6.07 Å². The highest BCUT2D eigenvalue weighted by Crippen LogP contribution is 2.32. The molecule has 1 heterocycles. The molecule has 0 bridgehead atoms. The topological polar surface area (TPSA) is 44.5 Å². The Labute approximate surface area is 96.0 Å². The summed E-state index contributed by atoms with van der Waals surface area (Å²) in [5.41, 5.74) is 6.95. The van der Waals surface area contributed by atoms with Gasteiger partial charge in [0.2, 0.25) is 6.79 Å². The molecule has 84 valence electrons. The third kappa shape index (κ3) is 3.01. The van der Waals surface area contributed by atoms with Crippen molar-refractivity contribution in [1.29, 1.82) is 0 Å². The third-order valence-corrected chi connectivity index (χ3v) is 2.33. The molecule has 1 aromatic carbocycles. The molecule has 1 aromatic rings. The second-order valence-corrected chi connectivity index (χ2v) is 3.70. The van der Waals surface area contributed by atoms with Crippen LogP contribution in [0.5, 0.6) is 11.5 Å². The smallest absolute Gasteiger partial charge is 0.231 e. The number of hydrogen-bond donors (Lipinski definition) is 1. The van der Waals surface area contributed by atoms with Crippen molar-refractivity contribution in [3.63, 3.8) is 0 Å². The Morgan fingerprint density at radius 2 is 2.07 bits per heavy atom. The molecule has 1 atom stereocenters. The van der Waals surface area contributed by atoms with E-state index < -0.39 is 0 Å². The van der Waals surface area contributed by atoms with E-state index >= 15 is 0 Å². The van der Waals surface area contributed by atoms with Crippen LogP contribution in [0.4, 0.5) is 0 Å². The van der Waals surface area contributed by atoms with Crippen molar-refractivity contribution in [2.75, 3.05) is 6.79 Å². The highest BCUT2D eigenvalue weighted by molar-refractivity contribution is 5.85. The molecular weight excluding hydrogens is 214 g/mol. The monoisotopic (exact) mass is 229 g/mol. The van der Waals surface area contributed by atoms with Gasteiger partial charge in [0.1, 0.15) is 0 Å². The number of hydrogen-bond acceptors (Lipinski definition) is 3. The summed E-state index contributed by atoms with van der Waals surface area (Å²) >= 11 is 0. The van der Waals surface area contributed by atoms with Gasteiger partial charge in [-0.05, 0) is 37.5 Å². The van der Waals surface area contributed by atoms with Crippen molar-refractivity contribution >= 4 is 12.4 Å². The first-order valence-corrected chi connectivity index (χ1v) is 4.90. The van der Waals surface area contributed by atoms with Gasteiger partial charge in [0, 0.05) is 6.04 Å². The first-order chi connectivity index (χ1) is 6.75. The predicted molar refractivity (Wildman–Crippen MR) is 61.8 cm³/mol. The van der Waals surface area contributed by atoms with Gasteiger partial charge in [-0.2, -0.15) is 0 Å². The molecule has 4 heteroatoms. The van der Waals surface area contributed by atoms with Crippen LogP contribution in [0.15, 0.2) is 18.2 Å². The maximum absolute atomic E-state index is 5.70. The van der Waals surface area contributed by atoms with Gasteiger partial charge >= 0.3 is 0 Å². The van der Waals surface area contributed by atoms with Crippen molar-refractivity contribution in [2.45, 2.75) is 25.8 Å². The van der Waals surface area contributed by atoms with Crippen LogP contribution in [0.25, 0.3) is 0 Å². The molecule has 3 nitrogen and oxygen atoms in total. The number of ether oxygens (including phenoxy) is 2. The largest absolute Gasteiger partial charge is 0.454 e. The quantitative estimate of drug-likeness (QED) is 0.864. The van der Waals surface area contributed by atoms with Crippen molar-refractivity contribution < 1.29 is 9.47 Å². The number of aryl methyl sites for hydroxylation is 1. The lowest BCUT2D eigenvalue weighted by molar-refractivity contribution is 0.174. The maximum Gasteiger partial charge on any atom is 0.231 e. The lowest BCUT2D eigenvalue weighted by Crippen LogP contribution is -2.15. The molecular formula is C11H16ClNO2. The minimum atomic E-state index is 0. The second-order valence-electron chi connectivity index (χ2n) is 3.70. The van der Waals surface area contributed by atoms with Crippen molar-refractivity contribution in [1.82, 2.24) is 0 Å². The fourth-order valence-electron chi connectivity index (χ4n) is 1.49. The van der Waals surface area contributed by atoms with E-state index in [1.54, 1.807) is 0 Å². The Morgan fingerprint density at radius 1 is 1.33 bits per heavy atom. The number of halogens is 1. The first kappa shape index (κ1) is 12.1. The summed E-state index contributed by atoms with van der Waals surface area (Å²) in [6.07, 6.45) is 1.99. The molecule has 0 spiro atoms. The summed E-state index contributed by atoms with van der Waals surface area (Å²) in [6.45, 7) is 2.36. The van der Waals surface area contributed by atoms with Crippen LogP contribution < -0.4 is 15.2 Å². The second kappa shape index (κ2) is 5.24. The predicted octanol–water partition coefficient (Wildman–Crippen LogP) is 2.12. The van der Waals surface area contributed by atoms with Crippen LogP contribution >= 0.6 is 12.4 Å². The van der Waals surface area contributed by atoms with Gasteiger partial charge < -0.3 is 15.2 Å². The molecule has 15 heavy (non-hydrogen) atoms. The summed E-state index contributed by atoms with van der Waals surface area (Å²) in [6, 6.07) is 6.31. The number of nitrogens with two attached hydrogens (primary N) is 1. The fraction of sp³-hybridized carbons (Fsp3) is 0.455. The molecule has 0 aromatic heterocycles. The first-order valence-electron chi connectivity index (χ1n) is 4.90. The molecule has 0 radical (unpaired) electrons. The molecule has 0 saturated carbocycles. The molecule has 2 rings (SSSR count). The summed E-state index contributed by atoms with van der Waals surface area (Å²) in [4.78, 5) is 0. The van der Waals surface area contributed by atoms with Crippen molar-refractivity contribution in [3.8, 4) is 11.5 Å². The van der Waals surface area contributed by atoms with Gasteiger partial charge in [0.25, 0.3) is 0 Å². The molecule has 0 aliphatic carbocycles. The SMILES string of the molecule is CC(N)CCc1ccc2c(c1)OCO2.Cl. The Morgan fingerprint density at radius 3 is 2.80 bits per heavy atom. The zero-order valence-corrected chi connectivity index (χ0v) is 9.55. The van der Waals surface area contributed by atoms with Crippen LogP contribution in [-0.2, 0) is 6.42 Å². The van der Waals surface area contributed by atoms with Gasteiger partial charge in [-0.1, -0.05) is 6.07 Å². The number of benzene rings is 1. The van der Waals surface area contributed by atoms with E-state index in [-0.39, 0.29) is 18.4 Å². The van der Waals surface area contributed by atoms with Crippen LogP contribution in [0.2, 0.25) is 0 Å². The molecule has 0 saturated heterocycles. The molecule has 1 aliphatic heterocycles. The molecule has 0 fully saturated rings. The van der Waals surface area contributed by atoms with Gasteiger partial charge in [0.05, 0.1) is 0 Å². The maximum atomic E-state index is 5.70. The normalized spacial score (nSPS) is 14.5. The molecule has 1 aliphatic rings. The van der Waals surface area contributed by atoms with E-state index in [1.807, 2.05) is 19.1 Å². The van der Waals surface area contributed by atoms with Crippen molar-refractivity contribution in [3.05, 3.63) is 23.8 Å². The number of fused-ring (bicyclic) bond motifs is 1. The minimum absolute atomic E-state index is 0. The summed E-state index contributed by atoms with van der Waals surface area (Å²) in [5, 5.41) is 0. The van der Waals surface area contributed by atoms with E-state index in [1.165, 1.54) is 5.56 Å². The average molecular weight is 230 g/mol. The summed E-state index contributed by atoms with van der Waals surface area (Å²) in [7, 11) is 0. The summed E-state index contributed by atoms with van der Waals surface area (Å²) in [5.74, 6) is 1.70. The highest BCUT2D eigenvalue weighted by atomic mass is 35.5. The van der Waals surface area contributed by atoms with Crippen molar-refractivity contribution in [2.24, 2.45) is 5.73 Å².